The Balaban J connectivity index is 1.63. The van der Waals surface area contributed by atoms with Crippen molar-refractivity contribution in [1.29, 1.82) is 0 Å². The van der Waals surface area contributed by atoms with Crippen molar-refractivity contribution in [3.8, 4) is 11.5 Å². The number of hydrogen-bond acceptors (Lipinski definition) is 5. The van der Waals surface area contributed by atoms with Crippen LogP contribution in [-0.2, 0) is 16.0 Å². The maximum absolute atomic E-state index is 13.4. The Kier molecular flexibility index (Phi) is 6.40. The van der Waals surface area contributed by atoms with Gasteiger partial charge in [-0.15, -0.1) is 0 Å². The largest absolute Gasteiger partial charge is 0.507 e. The van der Waals surface area contributed by atoms with Gasteiger partial charge in [0, 0.05) is 29.2 Å². The summed E-state index contributed by atoms with van der Waals surface area (Å²) >= 11 is 0. The van der Waals surface area contributed by atoms with Crippen LogP contribution in [0.25, 0.3) is 16.7 Å². The lowest BCUT2D eigenvalue weighted by atomic mass is 9.94. The van der Waals surface area contributed by atoms with Crippen LogP contribution in [0.5, 0.6) is 11.5 Å². The molecule has 2 N–H and O–H groups in total. The number of aliphatic hydroxyl groups is 1. The van der Waals surface area contributed by atoms with Gasteiger partial charge in [0.05, 0.1) is 25.8 Å². The topological polar surface area (TPSA) is 91.9 Å². The maximum Gasteiger partial charge on any atom is 0.295 e. The van der Waals surface area contributed by atoms with Crippen LogP contribution in [0.1, 0.15) is 22.7 Å². The highest BCUT2D eigenvalue weighted by atomic mass is 19.1. The van der Waals surface area contributed by atoms with Crippen LogP contribution in [0.15, 0.2) is 78.5 Å². The summed E-state index contributed by atoms with van der Waals surface area (Å²) in [6.45, 7) is 0.180. The first-order valence-electron chi connectivity index (χ1n) is 11.7. The number of likely N-dealkylation sites (tertiary alicyclic amines) is 1. The summed E-state index contributed by atoms with van der Waals surface area (Å²) in [7, 11) is 3.02. The second-order valence-electron chi connectivity index (χ2n) is 8.73. The minimum Gasteiger partial charge on any atom is -0.507 e. The van der Waals surface area contributed by atoms with Gasteiger partial charge >= 0.3 is 0 Å². The number of H-pyrrole nitrogens is 1. The number of nitrogens with zero attached hydrogens (tertiary/aromatic N) is 1. The van der Waals surface area contributed by atoms with Gasteiger partial charge in [-0.05, 0) is 47.9 Å². The molecule has 1 aromatic heterocycles. The standard InChI is InChI=1S/C29H25FN2O5/c1-36-23-12-9-18(15-24(23)37-2)26-25(27(33)21-16-31-22-6-4-3-5-20(21)22)28(34)29(35)32(26)14-13-17-7-10-19(30)11-8-17/h3-12,15-16,26,31,33H,13-14H2,1-2H3/b27-25-. The van der Waals surface area contributed by atoms with Gasteiger partial charge in [0.15, 0.2) is 11.5 Å². The van der Waals surface area contributed by atoms with Crippen molar-refractivity contribution >= 4 is 28.4 Å². The highest BCUT2D eigenvalue weighted by Gasteiger charge is 2.46. The fourth-order valence-electron chi connectivity index (χ4n) is 4.79. The fourth-order valence-corrected chi connectivity index (χ4v) is 4.79. The van der Waals surface area contributed by atoms with Gasteiger partial charge < -0.3 is 24.5 Å². The van der Waals surface area contributed by atoms with E-state index >= 15 is 0 Å². The Hall–Kier alpha value is -4.59. The second kappa shape index (κ2) is 9.81. The number of nitrogens with one attached hydrogen (secondary N) is 1. The first kappa shape index (κ1) is 24.1. The average Bonchev–Trinajstić information content (AvgIpc) is 3.46. The molecule has 37 heavy (non-hydrogen) atoms. The lowest BCUT2D eigenvalue weighted by Gasteiger charge is -2.26. The Labute approximate surface area is 212 Å². The molecule has 1 aliphatic heterocycles. The van der Waals surface area contributed by atoms with E-state index in [1.54, 1.807) is 36.5 Å². The summed E-state index contributed by atoms with van der Waals surface area (Å²) in [5, 5.41) is 12.2. The quantitative estimate of drug-likeness (QED) is 0.212. The number of rotatable bonds is 7. The van der Waals surface area contributed by atoms with E-state index in [1.807, 2.05) is 24.3 Å². The monoisotopic (exact) mass is 500 g/mol. The highest BCUT2D eigenvalue weighted by Crippen LogP contribution is 2.42. The number of aromatic nitrogens is 1. The summed E-state index contributed by atoms with van der Waals surface area (Å²) < 4.78 is 24.2. The molecule has 1 saturated heterocycles. The molecule has 7 nitrogen and oxygen atoms in total. The van der Waals surface area contributed by atoms with E-state index in [2.05, 4.69) is 4.98 Å². The van der Waals surface area contributed by atoms with E-state index in [0.29, 0.717) is 29.0 Å². The number of aromatic amines is 1. The van der Waals surface area contributed by atoms with Crippen molar-refractivity contribution in [2.24, 2.45) is 0 Å². The maximum atomic E-state index is 13.4. The van der Waals surface area contributed by atoms with Gasteiger partial charge in [0.2, 0.25) is 0 Å². The molecule has 5 rings (SSSR count). The number of aliphatic hydroxyl groups excluding tert-OH is 1. The lowest BCUT2D eigenvalue weighted by molar-refractivity contribution is -0.139. The van der Waals surface area contributed by atoms with Crippen molar-refractivity contribution in [2.45, 2.75) is 12.5 Å². The zero-order chi connectivity index (χ0) is 26.1. The third kappa shape index (κ3) is 4.31. The van der Waals surface area contributed by atoms with Crippen LogP contribution in [0, 0.1) is 5.82 Å². The smallest absolute Gasteiger partial charge is 0.295 e. The van der Waals surface area contributed by atoms with Gasteiger partial charge in [-0.25, -0.2) is 4.39 Å². The van der Waals surface area contributed by atoms with Crippen molar-refractivity contribution in [2.75, 3.05) is 20.8 Å². The predicted molar refractivity (Wildman–Crippen MR) is 137 cm³/mol. The number of hydrogen-bond donors (Lipinski definition) is 2. The summed E-state index contributed by atoms with van der Waals surface area (Å²) in [5.41, 5.74) is 2.60. The van der Waals surface area contributed by atoms with E-state index in [4.69, 9.17) is 9.47 Å². The van der Waals surface area contributed by atoms with Gasteiger partial charge in [-0.2, -0.15) is 0 Å². The van der Waals surface area contributed by atoms with Crippen LogP contribution in [0.4, 0.5) is 4.39 Å². The van der Waals surface area contributed by atoms with Crippen molar-refractivity contribution in [3.05, 3.63) is 101 Å². The van der Waals surface area contributed by atoms with Crippen LogP contribution in [-0.4, -0.2) is 47.4 Å². The van der Waals surface area contributed by atoms with E-state index in [0.717, 1.165) is 16.5 Å². The van der Waals surface area contributed by atoms with Gasteiger partial charge in [-0.3, -0.25) is 9.59 Å². The number of ether oxygens (including phenoxy) is 2. The Morgan fingerprint density at radius 1 is 1.00 bits per heavy atom. The molecule has 0 bridgehead atoms. The van der Waals surface area contributed by atoms with Crippen molar-refractivity contribution < 1.29 is 28.6 Å². The fraction of sp³-hybridized carbons (Fsp3) is 0.172. The van der Waals surface area contributed by atoms with E-state index in [1.165, 1.54) is 31.3 Å². The number of Topliss-reactive ketones (excluding diaryl/α,β-unsaturated/α-hetero) is 1. The molecule has 0 spiro atoms. The lowest BCUT2D eigenvalue weighted by Crippen LogP contribution is -2.31. The first-order valence-corrected chi connectivity index (χ1v) is 11.7. The average molecular weight is 501 g/mol. The molecule has 1 amide bonds. The van der Waals surface area contributed by atoms with Gasteiger partial charge in [0.1, 0.15) is 11.6 Å². The zero-order valence-corrected chi connectivity index (χ0v) is 20.3. The minimum atomic E-state index is -0.867. The number of methoxy groups -OCH3 is 2. The van der Waals surface area contributed by atoms with Crippen LogP contribution >= 0.6 is 0 Å². The molecule has 0 saturated carbocycles. The van der Waals surface area contributed by atoms with Crippen LogP contribution in [0.2, 0.25) is 0 Å². The minimum absolute atomic E-state index is 0.0129. The number of benzene rings is 3. The number of fused-ring (bicyclic) bond motifs is 1. The third-order valence-electron chi connectivity index (χ3n) is 6.66. The van der Waals surface area contributed by atoms with E-state index < -0.39 is 17.7 Å². The molecule has 1 atom stereocenters. The third-order valence-corrected chi connectivity index (χ3v) is 6.66. The molecule has 1 unspecified atom stereocenters. The molecule has 4 aromatic rings. The highest BCUT2D eigenvalue weighted by molar-refractivity contribution is 6.46. The SMILES string of the molecule is COc1ccc(C2/C(=C(/O)c3c[nH]c4ccccc34)C(=O)C(=O)N2CCc2ccc(F)cc2)cc1OC. The number of ketones is 1. The van der Waals surface area contributed by atoms with Crippen molar-refractivity contribution in [1.82, 2.24) is 9.88 Å². The zero-order valence-electron chi connectivity index (χ0n) is 20.3. The second-order valence-corrected chi connectivity index (χ2v) is 8.73. The summed E-state index contributed by atoms with van der Waals surface area (Å²) in [6, 6.07) is 17.6. The van der Waals surface area contributed by atoms with E-state index in [-0.39, 0.29) is 23.7 Å². The number of carbonyl (C=O) groups excluding carboxylic acids is 2. The molecule has 1 aliphatic rings. The molecular formula is C29H25FN2O5. The summed E-state index contributed by atoms with van der Waals surface area (Å²) in [4.78, 5) is 31.2. The molecule has 188 valence electrons. The molecule has 1 fully saturated rings. The Bertz CT molecular complexity index is 1520. The molecule has 2 heterocycles. The number of amides is 1. The van der Waals surface area contributed by atoms with Crippen LogP contribution in [0.3, 0.4) is 0 Å². The molecule has 8 heteroatoms. The van der Waals surface area contributed by atoms with E-state index in [9.17, 15) is 19.1 Å². The van der Waals surface area contributed by atoms with Crippen molar-refractivity contribution in [3.63, 3.8) is 0 Å². The normalized spacial score (nSPS) is 16.9. The Morgan fingerprint density at radius 2 is 1.73 bits per heavy atom. The molecule has 3 aromatic carbocycles. The summed E-state index contributed by atoms with van der Waals surface area (Å²) in [5.74, 6) is -1.19. The summed E-state index contributed by atoms with van der Waals surface area (Å²) in [6.07, 6.45) is 2.02. The molecular weight excluding hydrogens is 475 g/mol. The number of halogens is 1. The predicted octanol–water partition coefficient (Wildman–Crippen LogP) is 4.99. The van der Waals surface area contributed by atoms with Gasteiger partial charge in [0.25, 0.3) is 11.7 Å². The molecule has 0 radical (unpaired) electrons. The Morgan fingerprint density at radius 3 is 2.46 bits per heavy atom. The number of para-hydroxylation sites is 1. The van der Waals surface area contributed by atoms with Gasteiger partial charge in [-0.1, -0.05) is 36.4 Å². The van der Waals surface area contributed by atoms with Crippen LogP contribution < -0.4 is 9.47 Å². The number of carbonyl (C=O) groups is 2. The first-order chi connectivity index (χ1) is 17.9. The molecule has 0 aliphatic carbocycles.